The van der Waals surface area contributed by atoms with E-state index < -0.39 is 6.10 Å². The Morgan fingerprint density at radius 2 is 0.545 bits per heavy atom. The molecule has 0 fully saturated rings. The third-order valence-electron chi connectivity index (χ3n) is 12.9. The van der Waals surface area contributed by atoms with E-state index in [9.17, 15) is 14.4 Å². The monoisotopic (exact) mass is 927 g/mol. The van der Waals surface area contributed by atoms with Crippen LogP contribution >= 0.6 is 0 Å². The Morgan fingerprint density at radius 3 is 0.864 bits per heavy atom. The summed E-state index contributed by atoms with van der Waals surface area (Å²) in [6.07, 6.45) is 65.6. The lowest BCUT2D eigenvalue weighted by atomic mass is 10.0. The molecule has 0 aliphatic rings. The zero-order valence-corrected chi connectivity index (χ0v) is 44.2. The number of rotatable bonds is 53. The lowest BCUT2D eigenvalue weighted by Gasteiger charge is -2.18. The molecule has 1 atom stereocenters. The predicted octanol–water partition coefficient (Wildman–Crippen LogP) is 19.3. The number of carbonyl (C=O) groups is 3. The average Bonchev–Trinajstić information content (AvgIpc) is 3.31. The second-order valence-electron chi connectivity index (χ2n) is 19.6. The van der Waals surface area contributed by atoms with E-state index in [1.165, 1.54) is 199 Å². The van der Waals surface area contributed by atoms with E-state index in [1.54, 1.807) is 0 Å². The number of unbranched alkanes of at least 4 members (excludes halogenated alkanes) is 36. The normalized spacial score (nSPS) is 12.2. The van der Waals surface area contributed by atoms with Crippen LogP contribution in [0.2, 0.25) is 0 Å². The molecule has 0 saturated carbocycles. The van der Waals surface area contributed by atoms with Gasteiger partial charge in [-0.15, -0.1) is 0 Å². The summed E-state index contributed by atoms with van der Waals surface area (Å²) < 4.78 is 16.9. The highest BCUT2D eigenvalue weighted by Crippen LogP contribution is 2.16. The Bertz CT molecular complexity index is 1110. The Morgan fingerprint density at radius 1 is 0.303 bits per heavy atom. The van der Waals surface area contributed by atoms with Gasteiger partial charge in [0.1, 0.15) is 13.2 Å². The number of carbonyl (C=O) groups excluding carboxylic acids is 3. The Labute approximate surface area is 410 Å². The van der Waals surface area contributed by atoms with Crippen LogP contribution in [0.3, 0.4) is 0 Å². The number of allylic oxidation sites excluding steroid dienone is 6. The lowest BCUT2D eigenvalue weighted by molar-refractivity contribution is -0.167. The number of hydrogen-bond donors (Lipinski definition) is 0. The van der Waals surface area contributed by atoms with Gasteiger partial charge in [0.05, 0.1) is 0 Å². The zero-order valence-electron chi connectivity index (χ0n) is 44.2. The molecule has 0 aromatic rings. The van der Waals surface area contributed by atoms with Crippen LogP contribution in [0.15, 0.2) is 36.5 Å². The van der Waals surface area contributed by atoms with Gasteiger partial charge in [-0.1, -0.05) is 250 Å². The van der Waals surface area contributed by atoms with Gasteiger partial charge < -0.3 is 14.2 Å². The predicted molar refractivity (Wildman–Crippen MR) is 284 cm³/mol. The van der Waals surface area contributed by atoms with Gasteiger partial charge >= 0.3 is 17.9 Å². The molecule has 0 heterocycles. The molecular formula is C60H110O6. The van der Waals surface area contributed by atoms with Gasteiger partial charge in [0.2, 0.25) is 0 Å². The van der Waals surface area contributed by atoms with Crippen LogP contribution in [0, 0.1) is 0 Å². The van der Waals surface area contributed by atoms with Crippen LogP contribution in [0.5, 0.6) is 0 Å². The van der Waals surface area contributed by atoms with E-state index in [2.05, 4.69) is 57.2 Å². The molecule has 0 spiro atoms. The van der Waals surface area contributed by atoms with E-state index >= 15 is 0 Å². The van der Waals surface area contributed by atoms with Gasteiger partial charge in [-0.3, -0.25) is 14.4 Å². The molecule has 6 nitrogen and oxygen atoms in total. The molecule has 0 aromatic heterocycles. The summed E-state index contributed by atoms with van der Waals surface area (Å²) in [6, 6.07) is 0. The van der Waals surface area contributed by atoms with Crippen LogP contribution in [0.25, 0.3) is 0 Å². The summed E-state index contributed by atoms with van der Waals surface area (Å²) in [7, 11) is 0. The fourth-order valence-corrected chi connectivity index (χ4v) is 8.47. The van der Waals surface area contributed by atoms with Gasteiger partial charge in [0, 0.05) is 19.3 Å². The molecule has 1 unspecified atom stereocenters. The maximum absolute atomic E-state index is 12.9. The smallest absolute Gasteiger partial charge is 0.306 e. The molecule has 0 saturated heterocycles. The first-order valence-electron chi connectivity index (χ1n) is 29.0. The molecule has 66 heavy (non-hydrogen) atoms. The molecule has 6 heteroatoms. The zero-order chi connectivity index (χ0) is 47.9. The summed E-state index contributed by atoms with van der Waals surface area (Å²) in [6.45, 7) is 6.64. The van der Waals surface area contributed by atoms with Crippen molar-refractivity contribution in [3.05, 3.63) is 36.5 Å². The number of ether oxygens (including phenoxy) is 3. The van der Waals surface area contributed by atoms with E-state index in [-0.39, 0.29) is 31.1 Å². The topological polar surface area (TPSA) is 78.9 Å². The van der Waals surface area contributed by atoms with E-state index in [0.29, 0.717) is 19.3 Å². The molecule has 386 valence electrons. The van der Waals surface area contributed by atoms with Crippen molar-refractivity contribution >= 4 is 17.9 Å². The van der Waals surface area contributed by atoms with Crippen molar-refractivity contribution < 1.29 is 28.6 Å². The minimum atomic E-state index is -0.774. The van der Waals surface area contributed by atoms with Crippen molar-refractivity contribution in [1.29, 1.82) is 0 Å². The van der Waals surface area contributed by atoms with Crippen molar-refractivity contribution in [3.8, 4) is 0 Å². The molecule has 0 rings (SSSR count). The van der Waals surface area contributed by atoms with Crippen LogP contribution < -0.4 is 0 Å². The third kappa shape index (κ3) is 52.6. The molecular weight excluding hydrogens is 817 g/mol. The van der Waals surface area contributed by atoms with Crippen LogP contribution in [0.4, 0.5) is 0 Å². The quantitative estimate of drug-likeness (QED) is 0.0262. The van der Waals surface area contributed by atoms with Crippen molar-refractivity contribution in [2.45, 2.75) is 316 Å². The van der Waals surface area contributed by atoms with E-state index in [1.807, 2.05) is 0 Å². The molecule has 0 N–H and O–H groups in total. The summed E-state index contributed by atoms with van der Waals surface area (Å²) in [5, 5.41) is 0. The summed E-state index contributed by atoms with van der Waals surface area (Å²) in [5.74, 6) is -0.869. The van der Waals surface area contributed by atoms with Crippen molar-refractivity contribution in [2.24, 2.45) is 0 Å². The molecule has 0 bridgehead atoms. The summed E-state index contributed by atoms with van der Waals surface area (Å²) in [4.78, 5) is 38.1. The largest absolute Gasteiger partial charge is 0.462 e. The van der Waals surface area contributed by atoms with Crippen LogP contribution in [-0.4, -0.2) is 37.2 Å². The fraction of sp³-hybridized carbons (Fsp3) is 0.850. The van der Waals surface area contributed by atoms with Gasteiger partial charge in [0.25, 0.3) is 0 Å². The Balaban J connectivity index is 4.34. The highest BCUT2D eigenvalue weighted by atomic mass is 16.6. The second kappa shape index (κ2) is 55.2. The van der Waals surface area contributed by atoms with E-state index in [0.717, 1.165) is 70.6 Å². The minimum Gasteiger partial charge on any atom is -0.462 e. The van der Waals surface area contributed by atoms with Crippen molar-refractivity contribution in [2.75, 3.05) is 13.2 Å². The highest BCUT2D eigenvalue weighted by Gasteiger charge is 2.19. The average molecular weight is 928 g/mol. The summed E-state index contributed by atoms with van der Waals surface area (Å²) >= 11 is 0. The maximum Gasteiger partial charge on any atom is 0.306 e. The van der Waals surface area contributed by atoms with Gasteiger partial charge in [0.15, 0.2) is 6.10 Å². The highest BCUT2D eigenvalue weighted by molar-refractivity contribution is 5.71. The third-order valence-corrected chi connectivity index (χ3v) is 12.9. The van der Waals surface area contributed by atoms with Gasteiger partial charge in [-0.25, -0.2) is 0 Å². The van der Waals surface area contributed by atoms with E-state index in [4.69, 9.17) is 14.2 Å². The number of esters is 3. The molecule has 0 amide bonds. The standard InChI is InChI=1S/C60H110O6/c1-4-7-10-13-16-19-22-25-27-29-31-33-35-38-41-44-47-50-53-59(62)65-56-57(55-64-58(61)52-49-46-43-40-37-24-21-18-15-12-9-6-3)66-60(63)54-51-48-45-42-39-36-34-32-30-28-26-23-20-17-14-11-8-5-2/h19,22,27-30,57H,4-18,20-21,23-26,31-56H2,1-3H3/b22-19-,29-27-,30-28-. The van der Waals surface area contributed by atoms with Gasteiger partial charge in [-0.05, 0) is 77.0 Å². The SMILES string of the molecule is CCCCCC/C=C\C/C=C\CCCCCCCCCC(=O)OCC(COC(=O)CCCCCCCCCCCCCC)OC(=O)CCCCCCCCC/C=C\CCCCCCCCC. The first-order chi connectivity index (χ1) is 32.5. The van der Waals surface area contributed by atoms with Crippen LogP contribution in [0.1, 0.15) is 310 Å². The molecule has 0 radical (unpaired) electrons. The van der Waals surface area contributed by atoms with Crippen LogP contribution in [-0.2, 0) is 28.6 Å². The van der Waals surface area contributed by atoms with Crippen molar-refractivity contribution in [1.82, 2.24) is 0 Å². The van der Waals surface area contributed by atoms with Crippen molar-refractivity contribution in [3.63, 3.8) is 0 Å². The number of hydrogen-bond acceptors (Lipinski definition) is 6. The Hall–Kier alpha value is -2.37. The first kappa shape index (κ1) is 63.6. The molecule has 0 aliphatic carbocycles. The molecule has 0 aliphatic heterocycles. The molecule has 0 aromatic carbocycles. The second-order valence-corrected chi connectivity index (χ2v) is 19.6. The minimum absolute atomic E-state index is 0.0730. The lowest BCUT2D eigenvalue weighted by Crippen LogP contribution is -2.30. The first-order valence-corrected chi connectivity index (χ1v) is 29.0. The fourth-order valence-electron chi connectivity index (χ4n) is 8.47. The summed E-state index contributed by atoms with van der Waals surface area (Å²) in [5.41, 5.74) is 0. The maximum atomic E-state index is 12.9. The van der Waals surface area contributed by atoms with Gasteiger partial charge in [-0.2, -0.15) is 0 Å². The Kier molecular flexibility index (Phi) is 53.2.